The van der Waals surface area contributed by atoms with Crippen molar-refractivity contribution in [1.82, 2.24) is 20.9 Å². The molecule has 2 aromatic carbocycles. The highest BCUT2D eigenvalue weighted by molar-refractivity contribution is 7.80. The maximum Gasteiger partial charge on any atom is 0.326 e. The first-order valence-corrected chi connectivity index (χ1v) is 14.4. The standard InChI is InChI=1S/C29H38N8O5S/c30-20(10-6-12-33-29(31)32)25(38)37-24(16-43)27(40)35-22(14-18-15-34-21-11-5-4-9-19(18)21)26(39)36-23(28(41)42)13-17-7-2-1-3-8-17/h1-5,7-9,11,15,20,22-24,34,43H,6,10,12-14,16,30H2,(H,35,40)(H,36,39)(H,37,38)(H,41,42)(H4,31,32,33). The van der Waals surface area contributed by atoms with Gasteiger partial charge in [0.05, 0.1) is 6.04 Å². The van der Waals surface area contributed by atoms with Gasteiger partial charge in [-0.1, -0.05) is 48.5 Å². The molecule has 0 saturated carbocycles. The van der Waals surface area contributed by atoms with Crippen molar-refractivity contribution in [1.29, 1.82) is 0 Å². The van der Waals surface area contributed by atoms with Gasteiger partial charge in [0.1, 0.15) is 18.1 Å². The van der Waals surface area contributed by atoms with Crippen LogP contribution in [0.3, 0.4) is 0 Å². The van der Waals surface area contributed by atoms with Crippen LogP contribution in [0.2, 0.25) is 0 Å². The SMILES string of the molecule is NC(N)=NCCCC(N)C(=O)NC(CS)C(=O)NC(Cc1c[nH]c2ccccc12)C(=O)NC(Cc1ccccc1)C(=O)O. The van der Waals surface area contributed by atoms with Crippen LogP contribution >= 0.6 is 12.6 Å². The van der Waals surface area contributed by atoms with Crippen LogP contribution < -0.4 is 33.2 Å². The van der Waals surface area contributed by atoms with Gasteiger partial charge < -0.3 is 43.2 Å². The number of carboxylic acid groups (broad SMARTS) is 1. The average molecular weight is 611 g/mol. The number of para-hydroxylation sites is 1. The fourth-order valence-electron chi connectivity index (χ4n) is 4.45. The Balaban J connectivity index is 1.75. The number of aliphatic carboxylic acids is 1. The highest BCUT2D eigenvalue weighted by atomic mass is 32.1. The molecule has 3 aromatic rings. The largest absolute Gasteiger partial charge is 0.480 e. The minimum absolute atomic E-state index is 0.0477. The molecule has 0 bridgehead atoms. The van der Waals surface area contributed by atoms with Crippen LogP contribution in [0.25, 0.3) is 10.9 Å². The second kappa shape index (κ2) is 16.2. The molecule has 0 aliphatic heterocycles. The van der Waals surface area contributed by atoms with Crippen molar-refractivity contribution in [2.45, 2.75) is 49.9 Å². The predicted molar refractivity (Wildman–Crippen MR) is 167 cm³/mol. The molecule has 3 amide bonds. The summed E-state index contributed by atoms with van der Waals surface area (Å²) < 4.78 is 0. The minimum Gasteiger partial charge on any atom is -0.480 e. The number of nitrogens with two attached hydrogens (primary N) is 3. The number of fused-ring (bicyclic) bond motifs is 1. The van der Waals surface area contributed by atoms with Crippen LogP contribution in [0.5, 0.6) is 0 Å². The number of hydrogen-bond acceptors (Lipinski definition) is 7. The van der Waals surface area contributed by atoms with Crippen LogP contribution in [0, 0.1) is 0 Å². The zero-order valence-electron chi connectivity index (χ0n) is 23.5. The predicted octanol–water partition coefficient (Wildman–Crippen LogP) is -0.197. The van der Waals surface area contributed by atoms with E-state index in [9.17, 15) is 24.3 Å². The van der Waals surface area contributed by atoms with Gasteiger partial charge in [0.2, 0.25) is 17.7 Å². The van der Waals surface area contributed by atoms with Gasteiger partial charge in [0, 0.05) is 42.2 Å². The topological polar surface area (TPSA) is 231 Å². The summed E-state index contributed by atoms with van der Waals surface area (Å²) in [5.74, 6) is -3.31. The third kappa shape index (κ3) is 10.0. The smallest absolute Gasteiger partial charge is 0.326 e. The summed E-state index contributed by atoms with van der Waals surface area (Å²) >= 11 is 4.21. The summed E-state index contributed by atoms with van der Waals surface area (Å²) in [5, 5.41) is 18.5. The molecule has 0 fully saturated rings. The van der Waals surface area contributed by atoms with Crippen molar-refractivity contribution in [2.24, 2.45) is 22.2 Å². The summed E-state index contributed by atoms with van der Waals surface area (Å²) in [6, 6.07) is 11.9. The molecule has 13 nitrogen and oxygen atoms in total. The van der Waals surface area contributed by atoms with Crippen molar-refractivity contribution in [3.8, 4) is 0 Å². The van der Waals surface area contributed by atoms with Crippen molar-refractivity contribution >= 4 is 53.2 Å². The molecule has 0 spiro atoms. The lowest BCUT2D eigenvalue weighted by Crippen LogP contribution is -2.58. The van der Waals surface area contributed by atoms with Crippen molar-refractivity contribution in [3.05, 3.63) is 71.9 Å². The van der Waals surface area contributed by atoms with Gasteiger partial charge in [-0.25, -0.2) is 4.79 Å². The van der Waals surface area contributed by atoms with E-state index in [1.165, 1.54) is 0 Å². The third-order valence-corrected chi connectivity index (χ3v) is 7.11. The lowest BCUT2D eigenvalue weighted by molar-refractivity contribution is -0.142. The second-order valence-corrected chi connectivity index (χ2v) is 10.4. The quantitative estimate of drug-likeness (QED) is 0.0455. The van der Waals surface area contributed by atoms with E-state index in [4.69, 9.17) is 17.2 Å². The molecule has 0 aliphatic carbocycles. The van der Waals surface area contributed by atoms with Gasteiger partial charge in [-0.05, 0) is 30.0 Å². The molecule has 1 aromatic heterocycles. The molecule has 14 heteroatoms. The molecule has 0 radical (unpaired) electrons. The van der Waals surface area contributed by atoms with E-state index in [1.54, 1.807) is 36.5 Å². The van der Waals surface area contributed by atoms with Crippen molar-refractivity contribution in [3.63, 3.8) is 0 Å². The van der Waals surface area contributed by atoms with Gasteiger partial charge in [0.25, 0.3) is 0 Å². The summed E-state index contributed by atoms with van der Waals surface area (Å²) in [7, 11) is 0. The number of hydrogen-bond donors (Lipinski definition) is 9. The van der Waals surface area contributed by atoms with Crippen LogP contribution in [0.4, 0.5) is 0 Å². The van der Waals surface area contributed by atoms with Crippen molar-refractivity contribution < 1.29 is 24.3 Å². The Morgan fingerprint density at radius 1 is 0.860 bits per heavy atom. The summed E-state index contributed by atoms with van der Waals surface area (Å²) in [4.78, 5) is 58.6. The molecule has 1 heterocycles. The second-order valence-electron chi connectivity index (χ2n) is 10.0. The van der Waals surface area contributed by atoms with E-state index in [-0.39, 0.29) is 31.0 Å². The van der Waals surface area contributed by atoms with Gasteiger partial charge in [-0.15, -0.1) is 0 Å². The number of aliphatic imine (C=N–C) groups is 1. The molecule has 4 atom stereocenters. The monoisotopic (exact) mass is 610 g/mol. The number of nitrogens with zero attached hydrogens (tertiary/aromatic N) is 1. The normalized spacial score (nSPS) is 13.7. The van der Waals surface area contributed by atoms with Crippen LogP contribution in [-0.2, 0) is 32.0 Å². The van der Waals surface area contributed by atoms with Crippen LogP contribution in [-0.4, -0.2) is 76.2 Å². The van der Waals surface area contributed by atoms with Gasteiger partial charge in [0.15, 0.2) is 5.96 Å². The number of aromatic nitrogens is 1. The molecule has 230 valence electrons. The number of benzene rings is 2. The molecule has 11 N–H and O–H groups in total. The summed E-state index contributed by atoms with van der Waals surface area (Å²) in [5.41, 5.74) is 18.9. The summed E-state index contributed by atoms with van der Waals surface area (Å²) in [6.07, 6.45) is 2.55. The third-order valence-electron chi connectivity index (χ3n) is 6.75. The zero-order chi connectivity index (χ0) is 31.4. The molecule has 0 aliphatic rings. The first-order chi connectivity index (χ1) is 20.6. The number of guanidine groups is 1. The number of carbonyl (C=O) groups is 4. The van der Waals surface area contributed by atoms with Gasteiger partial charge in [-0.2, -0.15) is 12.6 Å². The molecule has 0 saturated heterocycles. The first-order valence-electron chi connectivity index (χ1n) is 13.7. The number of H-pyrrole nitrogens is 1. The number of rotatable bonds is 16. The van der Waals surface area contributed by atoms with Gasteiger partial charge in [-0.3, -0.25) is 19.4 Å². The number of nitrogens with one attached hydrogen (secondary N) is 4. The molecule has 43 heavy (non-hydrogen) atoms. The maximum absolute atomic E-state index is 13.5. The van der Waals surface area contributed by atoms with E-state index in [1.807, 2.05) is 24.3 Å². The van der Waals surface area contributed by atoms with E-state index < -0.39 is 47.9 Å². The van der Waals surface area contributed by atoms with Crippen molar-refractivity contribution in [2.75, 3.05) is 12.3 Å². The first kappa shape index (κ1) is 32.9. The van der Waals surface area contributed by atoms with Gasteiger partial charge >= 0.3 is 5.97 Å². The Labute approximate surface area is 254 Å². The fraction of sp³-hybridized carbons (Fsp3) is 0.345. The molecule has 3 rings (SSSR count). The van der Waals surface area contributed by atoms with E-state index in [2.05, 4.69) is 38.6 Å². The number of thiol groups is 1. The highest BCUT2D eigenvalue weighted by Gasteiger charge is 2.30. The van der Waals surface area contributed by atoms with E-state index in [0.717, 1.165) is 22.0 Å². The maximum atomic E-state index is 13.5. The Bertz CT molecular complexity index is 1430. The molecule has 4 unspecified atom stereocenters. The Morgan fingerprint density at radius 2 is 1.49 bits per heavy atom. The minimum atomic E-state index is -1.24. The lowest BCUT2D eigenvalue weighted by atomic mass is 10.0. The van der Waals surface area contributed by atoms with Crippen LogP contribution in [0.1, 0.15) is 24.0 Å². The van der Waals surface area contributed by atoms with E-state index in [0.29, 0.717) is 13.0 Å². The van der Waals surface area contributed by atoms with Crippen LogP contribution in [0.15, 0.2) is 65.8 Å². The highest BCUT2D eigenvalue weighted by Crippen LogP contribution is 2.19. The lowest BCUT2D eigenvalue weighted by Gasteiger charge is -2.24. The number of aromatic amines is 1. The number of carboxylic acids is 1. The number of amides is 3. The Kier molecular flexibility index (Phi) is 12.4. The molecular formula is C29H38N8O5S. The van der Waals surface area contributed by atoms with E-state index >= 15 is 0 Å². The zero-order valence-corrected chi connectivity index (χ0v) is 24.4. The fourth-order valence-corrected chi connectivity index (χ4v) is 4.70. The average Bonchev–Trinajstić information content (AvgIpc) is 3.40. The Hall–Kier alpha value is -4.56. The Morgan fingerprint density at radius 3 is 2.16 bits per heavy atom. The molecular weight excluding hydrogens is 572 g/mol. The number of carbonyl (C=O) groups excluding carboxylic acids is 3. The summed E-state index contributed by atoms with van der Waals surface area (Å²) in [6.45, 7) is 0.298.